The zero-order chi connectivity index (χ0) is 19.8. The van der Waals surface area contributed by atoms with Crippen LogP contribution in [0.3, 0.4) is 0 Å². The van der Waals surface area contributed by atoms with Crippen LogP contribution in [0.2, 0.25) is 5.02 Å². The normalized spacial score (nSPS) is 14.6. The molecule has 3 rings (SSSR count). The highest BCUT2D eigenvalue weighted by atomic mass is 79.9. The number of allylic oxidation sites excluding steroid dienone is 1. The van der Waals surface area contributed by atoms with Crippen LogP contribution in [0.15, 0.2) is 53.7 Å². The number of hydrogen-bond acceptors (Lipinski definition) is 4. The summed E-state index contributed by atoms with van der Waals surface area (Å²) in [6.45, 7) is 6.00. The molecule has 0 fully saturated rings. The van der Waals surface area contributed by atoms with Crippen molar-refractivity contribution in [1.82, 2.24) is 14.9 Å². The molecule has 0 radical (unpaired) electrons. The van der Waals surface area contributed by atoms with E-state index < -0.39 is 11.3 Å². The van der Waals surface area contributed by atoms with Crippen LogP contribution in [-0.2, 0) is 10.2 Å². The highest BCUT2D eigenvalue weighted by Gasteiger charge is 2.43. The molecule has 0 bridgehead atoms. The summed E-state index contributed by atoms with van der Waals surface area (Å²) in [5.41, 5.74) is 0.806. The molecular weight excluding hydrogens is 446 g/mol. The number of pyridine rings is 1. The van der Waals surface area contributed by atoms with Gasteiger partial charge in [-0.1, -0.05) is 23.7 Å². The van der Waals surface area contributed by atoms with E-state index in [0.29, 0.717) is 9.63 Å². The van der Waals surface area contributed by atoms with E-state index in [2.05, 4.69) is 27.5 Å². The van der Waals surface area contributed by atoms with Gasteiger partial charge in [0, 0.05) is 24.5 Å². The van der Waals surface area contributed by atoms with Crippen molar-refractivity contribution in [3.8, 4) is 0 Å². The molecule has 0 aliphatic carbocycles. The van der Waals surface area contributed by atoms with Gasteiger partial charge in [-0.25, -0.2) is 9.97 Å². The summed E-state index contributed by atoms with van der Waals surface area (Å²) in [4.78, 5) is 24.2. The fourth-order valence-corrected chi connectivity index (χ4v) is 4.69. The Kier molecular flexibility index (Phi) is 5.70. The van der Waals surface area contributed by atoms with Crippen molar-refractivity contribution in [2.75, 3.05) is 14.1 Å². The first kappa shape index (κ1) is 20.0. The topological polar surface area (TPSA) is 46.1 Å². The van der Waals surface area contributed by atoms with Gasteiger partial charge in [-0.15, -0.1) is 17.9 Å². The molecule has 0 spiro atoms. The van der Waals surface area contributed by atoms with E-state index in [4.69, 9.17) is 16.6 Å². The molecule has 0 saturated heterocycles. The number of halogens is 2. The van der Waals surface area contributed by atoms with Gasteiger partial charge in [0.05, 0.1) is 15.9 Å². The summed E-state index contributed by atoms with van der Waals surface area (Å²) in [7, 11) is 3.49. The van der Waals surface area contributed by atoms with Crippen LogP contribution in [0, 0.1) is 0 Å². The third-order valence-electron chi connectivity index (χ3n) is 4.59. The quantitative estimate of drug-likeness (QED) is 0.374. The summed E-state index contributed by atoms with van der Waals surface area (Å²) < 4.78 is 1.69. The van der Waals surface area contributed by atoms with Crippen LogP contribution < -0.4 is 0 Å². The van der Waals surface area contributed by atoms with Crippen LogP contribution in [0.1, 0.15) is 23.5 Å². The van der Waals surface area contributed by atoms with Crippen LogP contribution >= 0.6 is 38.9 Å². The smallest absolute Gasteiger partial charge is 0.233 e. The third-order valence-corrected chi connectivity index (χ3v) is 6.37. The predicted octanol–water partition coefficient (Wildman–Crippen LogP) is 5.42. The molecule has 0 N–H and O–H groups in total. The van der Waals surface area contributed by atoms with Gasteiger partial charge in [-0.3, -0.25) is 4.79 Å². The Morgan fingerprint density at radius 1 is 1.33 bits per heavy atom. The third kappa shape index (κ3) is 3.79. The molecule has 3 aromatic rings. The van der Waals surface area contributed by atoms with E-state index in [1.807, 2.05) is 43.3 Å². The second-order valence-corrected chi connectivity index (χ2v) is 8.97. The number of amides is 1. The maximum absolute atomic E-state index is 13.2. The molecule has 7 heteroatoms. The van der Waals surface area contributed by atoms with Crippen molar-refractivity contribution < 1.29 is 4.79 Å². The summed E-state index contributed by atoms with van der Waals surface area (Å²) in [5.74, 6) is -0.604. The first-order valence-electron chi connectivity index (χ1n) is 8.30. The van der Waals surface area contributed by atoms with Crippen molar-refractivity contribution in [3.63, 3.8) is 0 Å². The standard InChI is InChI=1S/C20H19BrClN3OS/c1-5-20(2,15-7-6-8-16(21)24-15)17(19(26)25(3)4)18-23-13-11-12(22)9-10-14(13)27-18/h5-11,17H,1H2,2-4H3/t17-,20+/m1/s1. The van der Waals surface area contributed by atoms with Gasteiger partial charge in [0.25, 0.3) is 0 Å². The van der Waals surface area contributed by atoms with E-state index in [0.717, 1.165) is 20.9 Å². The van der Waals surface area contributed by atoms with Crippen molar-refractivity contribution in [1.29, 1.82) is 0 Å². The van der Waals surface area contributed by atoms with E-state index in [-0.39, 0.29) is 5.91 Å². The molecule has 0 aliphatic heterocycles. The highest BCUT2D eigenvalue weighted by molar-refractivity contribution is 9.10. The zero-order valence-corrected chi connectivity index (χ0v) is 18.4. The molecule has 4 nitrogen and oxygen atoms in total. The van der Waals surface area contributed by atoms with Crippen molar-refractivity contribution >= 4 is 55.0 Å². The van der Waals surface area contributed by atoms with E-state index in [9.17, 15) is 4.79 Å². The second kappa shape index (κ2) is 7.70. The molecular formula is C20H19BrClN3OS. The lowest BCUT2D eigenvalue weighted by Crippen LogP contribution is -2.40. The summed E-state index contributed by atoms with van der Waals surface area (Å²) in [6, 6.07) is 11.2. The Bertz CT molecular complexity index is 1020. The SMILES string of the molecule is C=C[C@@](C)(c1cccc(Br)n1)[C@@H](C(=O)N(C)C)c1nc2cc(Cl)ccc2s1. The molecule has 1 aromatic carbocycles. The maximum atomic E-state index is 13.2. The van der Waals surface area contributed by atoms with E-state index in [1.165, 1.54) is 11.3 Å². The minimum atomic E-state index is -0.733. The largest absolute Gasteiger partial charge is 0.348 e. The van der Waals surface area contributed by atoms with Crippen LogP contribution in [0.5, 0.6) is 0 Å². The number of benzene rings is 1. The molecule has 2 aromatic heterocycles. The molecule has 27 heavy (non-hydrogen) atoms. The number of carbonyl (C=O) groups excluding carboxylic acids is 1. The fraction of sp³-hybridized carbons (Fsp3) is 0.250. The molecule has 0 saturated carbocycles. The number of fused-ring (bicyclic) bond motifs is 1. The number of aromatic nitrogens is 2. The number of thiazole rings is 1. The molecule has 0 aliphatic rings. The fourth-order valence-electron chi connectivity index (χ4n) is 3.00. The predicted molar refractivity (Wildman–Crippen MR) is 116 cm³/mol. The minimum Gasteiger partial charge on any atom is -0.348 e. The minimum absolute atomic E-state index is 0.0515. The van der Waals surface area contributed by atoms with Crippen LogP contribution in [0.4, 0.5) is 0 Å². The van der Waals surface area contributed by atoms with Crippen molar-refractivity contribution in [3.05, 3.63) is 69.4 Å². The van der Waals surface area contributed by atoms with Crippen LogP contribution in [-0.4, -0.2) is 34.9 Å². The van der Waals surface area contributed by atoms with Gasteiger partial charge in [0.2, 0.25) is 5.91 Å². The first-order valence-corrected chi connectivity index (χ1v) is 10.3. The van der Waals surface area contributed by atoms with Gasteiger partial charge < -0.3 is 4.90 Å². The maximum Gasteiger partial charge on any atom is 0.233 e. The van der Waals surface area contributed by atoms with Gasteiger partial charge in [0.1, 0.15) is 15.5 Å². The van der Waals surface area contributed by atoms with Gasteiger partial charge in [-0.05, 0) is 53.2 Å². The molecule has 2 atom stereocenters. The lowest BCUT2D eigenvalue weighted by Gasteiger charge is -2.34. The summed E-state index contributed by atoms with van der Waals surface area (Å²) >= 11 is 11.0. The highest BCUT2D eigenvalue weighted by Crippen LogP contribution is 2.43. The van der Waals surface area contributed by atoms with E-state index >= 15 is 0 Å². The number of carbonyl (C=O) groups is 1. The van der Waals surface area contributed by atoms with Crippen molar-refractivity contribution in [2.24, 2.45) is 0 Å². The summed E-state index contributed by atoms with van der Waals surface area (Å²) in [6.07, 6.45) is 1.78. The molecule has 140 valence electrons. The number of likely N-dealkylation sites (N-methyl/N-ethyl adjacent to an activating group) is 1. The molecule has 1 amide bonds. The Hall–Kier alpha value is -1.76. The van der Waals surface area contributed by atoms with E-state index in [1.54, 1.807) is 25.1 Å². The summed E-state index contributed by atoms with van der Waals surface area (Å²) in [5, 5.41) is 1.34. The average Bonchev–Trinajstić information content (AvgIpc) is 3.03. The number of rotatable bonds is 5. The lowest BCUT2D eigenvalue weighted by atomic mass is 9.73. The number of nitrogens with zero attached hydrogens (tertiary/aromatic N) is 3. The monoisotopic (exact) mass is 463 g/mol. The van der Waals surface area contributed by atoms with Crippen LogP contribution in [0.25, 0.3) is 10.2 Å². The Morgan fingerprint density at radius 2 is 2.07 bits per heavy atom. The Balaban J connectivity index is 2.22. The first-order chi connectivity index (χ1) is 12.8. The average molecular weight is 465 g/mol. The Labute approximate surface area is 176 Å². The number of hydrogen-bond donors (Lipinski definition) is 0. The lowest BCUT2D eigenvalue weighted by molar-refractivity contribution is -0.131. The molecule has 0 unspecified atom stereocenters. The van der Waals surface area contributed by atoms with Gasteiger partial charge >= 0.3 is 0 Å². The molecule has 2 heterocycles. The van der Waals surface area contributed by atoms with Gasteiger partial charge in [-0.2, -0.15) is 0 Å². The second-order valence-electron chi connectivity index (χ2n) is 6.66. The van der Waals surface area contributed by atoms with Gasteiger partial charge in [0.15, 0.2) is 0 Å². The Morgan fingerprint density at radius 3 is 2.70 bits per heavy atom. The van der Waals surface area contributed by atoms with Crippen molar-refractivity contribution in [2.45, 2.75) is 18.3 Å². The zero-order valence-electron chi connectivity index (χ0n) is 15.2.